The van der Waals surface area contributed by atoms with E-state index in [0.717, 1.165) is 57.7 Å². The fraction of sp³-hybridized carbons (Fsp3) is 0.333. The van der Waals surface area contributed by atoms with Gasteiger partial charge in [0.2, 0.25) is 0 Å². The van der Waals surface area contributed by atoms with Crippen LogP contribution >= 0.6 is 11.8 Å². The minimum absolute atomic E-state index is 0.0414. The van der Waals surface area contributed by atoms with Crippen LogP contribution in [0.15, 0.2) is 142 Å². The molecular weight excluding hydrogens is 711 g/mol. The molecule has 2 nitrogen and oxygen atoms in total. The van der Waals surface area contributed by atoms with Gasteiger partial charge in [-0.3, -0.25) is 0 Å². The third-order valence-corrected chi connectivity index (χ3v) is 16.7. The van der Waals surface area contributed by atoms with Gasteiger partial charge in [-0.25, -0.2) is 0 Å². The zero-order chi connectivity index (χ0) is 38.3. The first-order valence-corrected chi connectivity index (χ1v) is 22.4. The molecule has 6 aromatic carbocycles. The van der Waals surface area contributed by atoms with Crippen LogP contribution in [-0.2, 0) is 16.2 Å². The Bertz CT molecular complexity index is 2720. The molecule has 13 rings (SSSR count). The molecule has 0 unspecified atom stereocenters. The standard InChI is InChI=1S/C54H51NOS/c1-52(2)24-25-53(3,4)51-44(52)12-9-13-46(51)55(40-21-22-48-42(32-40)41-10-5-7-14-47(41)56-48)39-19-16-35(17-20-39)36-18-23-50-45(31-36)54(43-11-6-8-15-49(43)57-50)37-27-33-26-34(29-37)30-38(54)28-33/h5-23,31-34,37-38H,24-30H2,1-4H3. The Morgan fingerprint density at radius 3 is 1.98 bits per heavy atom. The van der Waals surface area contributed by atoms with E-state index >= 15 is 0 Å². The molecule has 0 saturated heterocycles. The number of hydrogen-bond donors (Lipinski definition) is 0. The molecule has 284 valence electrons. The topological polar surface area (TPSA) is 16.4 Å². The Morgan fingerprint density at radius 2 is 1.18 bits per heavy atom. The summed E-state index contributed by atoms with van der Waals surface area (Å²) in [5.74, 6) is 3.36. The Kier molecular flexibility index (Phi) is 7.32. The lowest BCUT2D eigenvalue weighted by molar-refractivity contribution is -0.0443. The molecule has 3 heteroatoms. The third-order valence-electron chi connectivity index (χ3n) is 15.5. The quantitative estimate of drug-likeness (QED) is 0.178. The van der Waals surface area contributed by atoms with E-state index in [1.54, 1.807) is 11.1 Å². The molecule has 5 aliphatic carbocycles. The molecule has 6 aliphatic rings. The van der Waals surface area contributed by atoms with E-state index in [1.807, 2.05) is 11.8 Å². The lowest BCUT2D eigenvalue weighted by Gasteiger charge is -2.63. The van der Waals surface area contributed by atoms with Crippen LogP contribution in [0.1, 0.15) is 94.9 Å². The molecule has 1 spiro atoms. The van der Waals surface area contributed by atoms with E-state index in [-0.39, 0.29) is 16.2 Å². The summed E-state index contributed by atoms with van der Waals surface area (Å²) in [4.78, 5) is 5.50. The SMILES string of the molecule is CC1(C)CCC(C)(C)c2c(N(c3ccc(-c4ccc5c(c4)C4(c6ccccc6S5)C5CC6CC(C5)CC4C6)cc3)c3ccc4oc5ccccc5c4c3)cccc21. The third kappa shape index (κ3) is 4.97. The number of nitrogens with zero attached hydrogens (tertiary/aromatic N) is 1. The van der Waals surface area contributed by atoms with Gasteiger partial charge in [-0.1, -0.05) is 106 Å². The van der Waals surface area contributed by atoms with Gasteiger partial charge < -0.3 is 9.32 Å². The Balaban J connectivity index is 1.00. The van der Waals surface area contributed by atoms with E-state index < -0.39 is 0 Å². The molecule has 0 atom stereocenters. The molecule has 1 aliphatic heterocycles. The second kappa shape index (κ2) is 12.1. The molecule has 4 saturated carbocycles. The van der Waals surface area contributed by atoms with Crippen molar-refractivity contribution >= 4 is 50.8 Å². The molecule has 4 fully saturated rings. The summed E-state index contributed by atoms with van der Waals surface area (Å²) in [5.41, 5.74) is 14.6. The summed E-state index contributed by atoms with van der Waals surface area (Å²) >= 11 is 2.01. The second-order valence-corrected chi connectivity index (χ2v) is 20.7. The number of para-hydroxylation sites is 1. The van der Waals surface area contributed by atoms with Crippen LogP contribution in [0.5, 0.6) is 0 Å². The van der Waals surface area contributed by atoms with Crippen LogP contribution in [0.25, 0.3) is 33.1 Å². The van der Waals surface area contributed by atoms with Gasteiger partial charge in [0.05, 0.1) is 5.69 Å². The zero-order valence-corrected chi connectivity index (χ0v) is 34.5. The van der Waals surface area contributed by atoms with Gasteiger partial charge in [0.15, 0.2) is 0 Å². The summed E-state index contributed by atoms with van der Waals surface area (Å²) in [7, 11) is 0. The zero-order valence-electron chi connectivity index (χ0n) is 33.6. The van der Waals surface area contributed by atoms with E-state index in [1.165, 1.54) is 81.9 Å². The van der Waals surface area contributed by atoms with Gasteiger partial charge in [-0.15, -0.1) is 0 Å². The maximum absolute atomic E-state index is 6.33. The smallest absolute Gasteiger partial charge is 0.135 e. The summed E-state index contributed by atoms with van der Waals surface area (Å²) in [6.07, 6.45) is 9.43. The molecule has 7 aromatic rings. The van der Waals surface area contributed by atoms with E-state index in [2.05, 4.69) is 160 Å². The first-order valence-electron chi connectivity index (χ1n) is 21.6. The van der Waals surface area contributed by atoms with Crippen LogP contribution in [0.2, 0.25) is 0 Å². The first kappa shape index (κ1) is 34.3. The van der Waals surface area contributed by atoms with Crippen LogP contribution in [0.3, 0.4) is 0 Å². The van der Waals surface area contributed by atoms with Crippen molar-refractivity contribution in [2.45, 2.75) is 98.7 Å². The van der Waals surface area contributed by atoms with Crippen molar-refractivity contribution in [2.75, 3.05) is 4.90 Å². The predicted molar refractivity (Wildman–Crippen MR) is 238 cm³/mol. The van der Waals surface area contributed by atoms with Crippen molar-refractivity contribution in [1.29, 1.82) is 0 Å². The van der Waals surface area contributed by atoms with Crippen molar-refractivity contribution in [2.24, 2.45) is 23.7 Å². The average molecular weight is 762 g/mol. The summed E-state index contributed by atoms with van der Waals surface area (Å²) in [5, 5.41) is 2.31. The lowest BCUT2D eigenvalue weighted by Crippen LogP contribution is -2.57. The molecule has 4 bridgehead atoms. The monoisotopic (exact) mass is 761 g/mol. The number of hydrogen-bond acceptors (Lipinski definition) is 3. The van der Waals surface area contributed by atoms with Crippen LogP contribution in [-0.4, -0.2) is 0 Å². The van der Waals surface area contributed by atoms with Gasteiger partial charge >= 0.3 is 0 Å². The van der Waals surface area contributed by atoms with Gasteiger partial charge in [0.1, 0.15) is 11.2 Å². The maximum Gasteiger partial charge on any atom is 0.135 e. The number of fused-ring (bicyclic) bond motifs is 6. The largest absolute Gasteiger partial charge is 0.456 e. The molecule has 1 aromatic heterocycles. The average Bonchev–Trinajstić information content (AvgIpc) is 3.59. The Morgan fingerprint density at radius 1 is 0.526 bits per heavy atom. The van der Waals surface area contributed by atoms with E-state index in [4.69, 9.17) is 4.42 Å². The highest BCUT2D eigenvalue weighted by molar-refractivity contribution is 7.99. The fourth-order valence-corrected chi connectivity index (χ4v) is 14.3. The van der Waals surface area contributed by atoms with Crippen molar-refractivity contribution in [3.05, 3.63) is 150 Å². The lowest BCUT2D eigenvalue weighted by atomic mass is 9.42. The van der Waals surface area contributed by atoms with Crippen molar-refractivity contribution in [3.63, 3.8) is 0 Å². The fourth-order valence-electron chi connectivity index (χ4n) is 13.1. The van der Waals surface area contributed by atoms with Gasteiger partial charge in [-0.05, 0) is 173 Å². The minimum atomic E-state index is 0.0414. The van der Waals surface area contributed by atoms with Crippen LogP contribution in [0.4, 0.5) is 17.1 Å². The predicted octanol–water partition coefficient (Wildman–Crippen LogP) is 15.3. The summed E-state index contributed by atoms with van der Waals surface area (Å²) < 4.78 is 6.33. The summed E-state index contributed by atoms with van der Waals surface area (Å²) in [6, 6.07) is 48.7. The van der Waals surface area contributed by atoms with Crippen LogP contribution < -0.4 is 4.90 Å². The van der Waals surface area contributed by atoms with E-state index in [9.17, 15) is 0 Å². The molecule has 0 N–H and O–H groups in total. The van der Waals surface area contributed by atoms with E-state index in [0.29, 0.717) is 0 Å². The minimum Gasteiger partial charge on any atom is -0.456 e. The van der Waals surface area contributed by atoms with Gasteiger partial charge in [-0.2, -0.15) is 0 Å². The Hall–Kier alpha value is -4.73. The number of furan rings is 1. The highest BCUT2D eigenvalue weighted by atomic mass is 32.2. The molecule has 0 amide bonds. The molecule has 57 heavy (non-hydrogen) atoms. The van der Waals surface area contributed by atoms with Crippen molar-refractivity contribution < 1.29 is 4.42 Å². The molecule has 0 radical (unpaired) electrons. The highest BCUT2D eigenvalue weighted by Gasteiger charge is 2.60. The Labute approximate surface area is 341 Å². The summed E-state index contributed by atoms with van der Waals surface area (Å²) in [6.45, 7) is 9.75. The number of anilines is 3. The van der Waals surface area contributed by atoms with Crippen molar-refractivity contribution in [1.82, 2.24) is 0 Å². The van der Waals surface area contributed by atoms with Crippen molar-refractivity contribution in [3.8, 4) is 11.1 Å². The molecule has 2 heterocycles. The highest BCUT2D eigenvalue weighted by Crippen LogP contribution is 2.69. The first-order chi connectivity index (χ1) is 27.7. The molecular formula is C54H51NOS. The van der Waals surface area contributed by atoms with Gasteiger partial charge in [0, 0.05) is 37.4 Å². The van der Waals surface area contributed by atoms with Gasteiger partial charge in [0.25, 0.3) is 0 Å². The number of rotatable bonds is 4. The normalized spacial score (nSPS) is 26.0. The second-order valence-electron chi connectivity index (χ2n) is 19.6. The maximum atomic E-state index is 6.33. The number of benzene rings is 6. The van der Waals surface area contributed by atoms with Crippen LogP contribution in [0, 0.1) is 23.7 Å².